The molecule has 20 heavy (non-hydrogen) atoms. The molecule has 2 heterocycles. The normalized spacial score (nSPS) is 28.6. The molecule has 2 aliphatic heterocycles. The van der Waals surface area contributed by atoms with Crippen molar-refractivity contribution in [2.75, 3.05) is 31.9 Å². The Bertz CT molecular complexity index is 329. The summed E-state index contributed by atoms with van der Waals surface area (Å²) in [6.07, 6.45) is 4.01. The molecule has 0 radical (unpaired) electrons. The zero-order valence-electron chi connectivity index (χ0n) is 13.6. The average Bonchev–Trinajstić information content (AvgIpc) is 2.88. The van der Waals surface area contributed by atoms with Crippen LogP contribution in [0.4, 0.5) is 0 Å². The van der Waals surface area contributed by atoms with Gasteiger partial charge in [0.05, 0.1) is 0 Å². The van der Waals surface area contributed by atoms with Crippen LogP contribution in [0.2, 0.25) is 0 Å². The highest BCUT2D eigenvalue weighted by atomic mass is 32.2. The highest BCUT2D eigenvalue weighted by Gasteiger charge is 2.28. The van der Waals surface area contributed by atoms with Gasteiger partial charge in [-0.3, -0.25) is 4.99 Å². The van der Waals surface area contributed by atoms with Crippen molar-refractivity contribution in [3.8, 4) is 0 Å². The first-order valence-corrected chi connectivity index (χ1v) is 9.10. The van der Waals surface area contributed by atoms with Gasteiger partial charge in [0.25, 0.3) is 0 Å². The van der Waals surface area contributed by atoms with Gasteiger partial charge in [-0.05, 0) is 43.7 Å². The number of nitrogens with zero attached hydrogens (tertiary/aromatic N) is 2. The molecule has 0 saturated carbocycles. The molecule has 2 unspecified atom stereocenters. The standard InChI is InChI=1S/C16H31N3S/c1-13(12-19-8-5-6-9-19)11-17-15-18-14(7-10-20-15)16(2,3)4/h13-14H,5-12H2,1-4H3,(H,17,18). The van der Waals surface area contributed by atoms with Crippen molar-refractivity contribution >= 4 is 16.9 Å². The molecule has 4 heteroatoms. The van der Waals surface area contributed by atoms with E-state index in [-0.39, 0.29) is 0 Å². The molecule has 1 N–H and O–H groups in total. The minimum absolute atomic E-state index is 0.322. The first-order chi connectivity index (χ1) is 9.45. The van der Waals surface area contributed by atoms with Gasteiger partial charge in [0.2, 0.25) is 0 Å². The quantitative estimate of drug-likeness (QED) is 0.863. The highest BCUT2D eigenvalue weighted by Crippen LogP contribution is 2.27. The van der Waals surface area contributed by atoms with Crippen LogP contribution in [-0.4, -0.2) is 48.0 Å². The molecule has 116 valence electrons. The van der Waals surface area contributed by atoms with Gasteiger partial charge in [-0.2, -0.15) is 0 Å². The summed E-state index contributed by atoms with van der Waals surface area (Å²) in [7, 11) is 0. The average molecular weight is 298 g/mol. The SMILES string of the molecule is CC(CN=C1NC(C(C)(C)C)CCS1)CN1CCCC1. The lowest BCUT2D eigenvalue weighted by molar-refractivity contribution is 0.287. The Morgan fingerprint density at radius 1 is 1.35 bits per heavy atom. The maximum absolute atomic E-state index is 4.83. The molecule has 0 spiro atoms. The molecule has 2 saturated heterocycles. The van der Waals surface area contributed by atoms with E-state index in [2.05, 4.69) is 37.9 Å². The second kappa shape index (κ2) is 7.17. The van der Waals surface area contributed by atoms with E-state index in [1.165, 1.54) is 49.8 Å². The van der Waals surface area contributed by atoms with Crippen molar-refractivity contribution in [3.05, 3.63) is 0 Å². The molecule has 2 atom stereocenters. The Labute approximate surface area is 129 Å². The third kappa shape index (κ3) is 4.96. The number of likely N-dealkylation sites (tertiary alicyclic amines) is 1. The van der Waals surface area contributed by atoms with Gasteiger partial charge < -0.3 is 10.2 Å². The molecule has 0 aromatic carbocycles. The number of hydrogen-bond acceptors (Lipinski definition) is 3. The van der Waals surface area contributed by atoms with Gasteiger partial charge >= 0.3 is 0 Å². The summed E-state index contributed by atoms with van der Waals surface area (Å²) in [6.45, 7) is 14.0. The van der Waals surface area contributed by atoms with E-state index in [4.69, 9.17) is 4.99 Å². The van der Waals surface area contributed by atoms with Gasteiger partial charge in [-0.15, -0.1) is 0 Å². The van der Waals surface area contributed by atoms with Gasteiger partial charge in [-0.25, -0.2) is 0 Å². The summed E-state index contributed by atoms with van der Waals surface area (Å²) < 4.78 is 0. The van der Waals surface area contributed by atoms with Crippen LogP contribution in [0.5, 0.6) is 0 Å². The van der Waals surface area contributed by atoms with E-state index in [9.17, 15) is 0 Å². The summed E-state index contributed by atoms with van der Waals surface area (Å²) in [5.74, 6) is 1.87. The lowest BCUT2D eigenvalue weighted by Gasteiger charge is -2.35. The molecule has 3 nitrogen and oxygen atoms in total. The van der Waals surface area contributed by atoms with Crippen molar-refractivity contribution in [1.82, 2.24) is 10.2 Å². The lowest BCUT2D eigenvalue weighted by atomic mass is 9.85. The molecule has 0 amide bonds. The minimum atomic E-state index is 0.322. The van der Waals surface area contributed by atoms with Crippen molar-refractivity contribution in [1.29, 1.82) is 0 Å². The Hall–Kier alpha value is -0.220. The van der Waals surface area contributed by atoms with E-state index >= 15 is 0 Å². The van der Waals surface area contributed by atoms with Crippen LogP contribution >= 0.6 is 11.8 Å². The van der Waals surface area contributed by atoms with Crippen molar-refractivity contribution in [2.45, 2.75) is 53.0 Å². The molecular weight excluding hydrogens is 266 g/mol. The summed E-state index contributed by atoms with van der Waals surface area (Å²) in [5, 5.41) is 4.81. The van der Waals surface area contributed by atoms with Gasteiger partial charge in [0.1, 0.15) is 0 Å². The fraction of sp³-hybridized carbons (Fsp3) is 0.938. The number of amidine groups is 1. The summed E-state index contributed by atoms with van der Waals surface area (Å²) in [6, 6.07) is 0.566. The monoisotopic (exact) mass is 297 g/mol. The van der Waals surface area contributed by atoms with Crippen LogP contribution in [0.15, 0.2) is 4.99 Å². The predicted molar refractivity (Wildman–Crippen MR) is 90.6 cm³/mol. The predicted octanol–water partition coefficient (Wildman–Crippen LogP) is 3.22. The number of thioether (sulfide) groups is 1. The molecule has 0 aromatic heterocycles. The Kier molecular flexibility index (Phi) is 5.79. The maximum atomic E-state index is 4.83. The third-order valence-electron chi connectivity index (χ3n) is 4.30. The fourth-order valence-electron chi connectivity index (χ4n) is 2.98. The fourth-order valence-corrected chi connectivity index (χ4v) is 3.92. The Morgan fingerprint density at radius 3 is 2.70 bits per heavy atom. The van der Waals surface area contributed by atoms with Gasteiger partial charge in [0, 0.05) is 24.9 Å². The van der Waals surface area contributed by atoms with E-state index in [0.717, 1.165) is 6.54 Å². The molecule has 2 fully saturated rings. The molecule has 2 aliphatic rings. The summed E-state index contributed by atoms with van der Waals surface area (Å²) in [4.78, 5) is 7.42. The van der Waals surface area contributed by atoms with Crippen molar-refractivity contribution in [3.63, 3.8) is 0 Å². The van der Waals surface area contributed by atoms with Crippen LogP contribution < -0.4 is 5.32 Å². The van der Waals surface area contributed by atoms with Crippen molar-refractivity contribution in [2.24, 2.45) is 16.3 Å². The maximum Gasteiger partial charge on any atom is 0.156 e. The zero-order chi connectivity index (χ0) is 14.6. The Balaban J connectivity index is 1.78. The van der Waals surface area contributed by atoms with Crippen LogP contribution in [0, 0.1) is 11.3 Å². The highest BCUT2D eigenvalue weighted by molar-refractivity contribution is 8.13. The van der Waals surface area contributed by atoms with Crippen LogP contribution in [-0.2, 0) is 0 Å². The van der Waals surface area contributed by atoms with E-state index in [0.29, 0.717) is 17.4 Å². The number of hydrogen-bond donors (Lipinski definition) is 1. The molecular formula is C16H31N3S. The van der Waals surface area contributed by atoms with Crippen molar-refractivity contribution < 1.29 is 0 Å². The topological polar surface area (TPSA) is 27.6 Å². The van der Waals surface area contributed by atoms with Crippen LogP contribution in [0.3, 0.4) is 0 Å². The van der Waals surface area contributed by atoms with E-state index in [1.807, 2.05) is 11.8 Å². The van der Waals surface area contributed by atoms with Gasteiger partial charge in [0.15, 0.2) is 5.17 Å². The number of rotatable bonds is 4. The number of nitrogens with one attached hydrogen (secondary N) is 1. The van der Waals surface area contributed by atoms with Crippen LogP contribution in [0.25, 0.3) is 0 Å². The second-order valence-electron chi connectivity index (χ2n) is 7.46. The molecule has 2 rings (SSSR count). The van der Waals surface area contributed by atoms with E-state index < -0.39 is 0 Å². The first kappa shape index (κ1) is 16.2. The number of aliphatic imine (C=N–C) groups is 1. The minimum Gasteiger partial charge on any atom is -0.362 e. The molecule has 0 aromatic rings. The van der Waals surface area contributed by atoms with Crippen LogP contribution in [0.1, 0.15) is 47.0 Å². The summed E-state index contributed by atoms with van der Waals surface area (Å²) in [5.41, 5.74) is 0.322. The largest absolute Gasteiger partial charge is 0.362 e. The second-order valence-corrected chi connectivity index (χ2v) is 8.54. The Morgan fingerprint density at radius 2 is 2.05 bits per heavy atom. The van der Waals surface area contributed by atoms with E-state index in [1.54, 1.807) is 0 Å². The smallest absolute Gasteiger partial charge is 0.156 e. The molecule has 0 aliphatic carbocycles. The first-order valence-electron chi connectivity index (χ1n) is 8.11. The third-order valence-corrected chi connectivity index (χ3v) is 5.26. The summed E-state index contributed by atoms with van der Waals surface area (Å²) >= 11 is 1.89. The zero-order valence-corrected chi connectivity index (χ0v) is 14.4. The molecule has 0 bridgehead atoms. The lowest BCUT2D eigenvalue weighted by Crippen LogP contribution is -2.46. The van der Waals surface area contributed by atoms with Gasteiger partial charge in [-0.1, -0.05) is 39.5 Å².